The summed E-state index contributed by atoms with van der Waals surface area (Å²) in [4.78, 5) is 14.1. The van der Waals surface area contributed by atoms with Gasteiger partial charge in [0.25, 0.3) is 0 Å². The van der Waals surface area contributed by atoms with E-state index in [1.807, 2.05) is 0 Å². The minimum absolute atomic E-state index is 0.0343. The smallest absolute Gasteiger partial charge is 0.208 e. The molecule has 0 fully saturated rings. The van der Waals surface area contributed by atoms with Crippen molar-refractivity contribution in [1.82, 2.24) is 4.98 Å². The van der Waals surface area contributed by atoms with E-state index in [4.69, 9.17) is 16.3 Å². The van der Waals surface area contributed by atoms with Crippen molar-refractivity contribution in [3.63, 3.8) is 0 Å². The van der Waals surface area contributed by atoms with Gasteiger partial charge in [-0.1, -0.05) is 11.6 Å². The third-order valence-electron chi connectivity index (χ3n) is 2.13. The number of hydrogen-bond donors (Lipinski definition) is 1. The van der Waals surface area contributed by atoms with Crippen LogP contribution in [-0.2, 0) is 0 Å². The van der Waals surface area contributed by atoms with E-state index in [0.717, 1.165) is 0 Å². The topological polar surface area (TPSA) is 42.1 Å². The fraction of sp³-hybridized carbons (Fsp3) is 0.100. The van der Waals surface area contributed by atoms with Crippen LogP contribution in [0.1, 0.15) is 0 Å². The van der Waals surface area contributed by atoms with Crippen LogP contribution in [0, 0.1) is 5.82 Å². The van der Waals surface area contributed by atoms with Gasteiger partial charge in [-0.3, -0.25) is 4.79 Å². The van der Waals surface area contributed by atoms with Crippen molar-refractivity contribution >= 4 is 22.5 Å². The van der Waals surface area contributed by atoms with Crippen LogP contribution in [0.2, 0.25) is 5.02 Å². The molecule has 0 atom stereocenters. The molecule has 0 bridgehead atoms. The first-order chi connectivity index (χ1) is 7.15. The maximum absolute atomic E-state index is 13.6. The average molecular weight is 228 g/mol. The lowest BCUT2D eigenvalue weighted by Gasteiger charge is -2.04. The van der Waals surface area contributed by atoms with Gasteiger partial charge in [-0.2, -0.15) is 0 Å². The second kappa shape index (κ2) is 3.55. The molecule has 5 heteroatoms. The van der Waals surface area contributed by atoms with Crippen molar-refractivity contribution in [2.45, 2.75) is 0 Å². The zero-order chi connectivity index (χ0) is 11.0. The average Bonchev–Trinajstić information content (AvgIpc) is 2.24. The number of halogens is 2. The Morgan fingerprint density at radius 3 is 2.87 bits per heavy atom. The molecule has 1 aromatic carbocycles. The molecule has 78 valence electrons. The number of aromatic amines is 1. The van der Waals surface area contributed by atoms with Gasteiger partial charge in [-0.25, -0.2) is 4.39 Å². The predicted molar refractivity (Wildman–Crippen MR) is 56.1 cm³/mol. The molecule has 2 aromatic rings. The van der Waals surface area contributed by atoms with Crippen LogP contribution >= 0.6 is 11.6 Å². The Morgan fingerprint density at radius 1 is 1.47 bits per heavy atom. The number of pyridine rings is 1. The molecule has 0 unspecified atom stereocenters. The number of rotatable bonds is 1. The maximum Gasteiger partial charge on any atom is 0.208 e. The Labute approximate surface area is 89.4 Å². The number of benzene rings is 1. The minimum atomic E-state index is -0.594. The molecule has 0 aliphatic rings. The van der Waals surface area contributed by atoms with E-state index in [9.17, 15) is 9.18 Å². The molecule has 15 heavy (non-hydrogen) atoms. The highest BCUT2D eigenvalue weighted by atomic mass is 35.5. The van der Waals surface area contributed by atoms with Crippen molar-refractivity contribution in [3.05, 3.63) is 39.4 Å². The zero-order valence-corrected chi connectivity index (χ0v) is 8.56. The van der Waals surface area contributed by atoms with Crippen molar-refractivity contribution in [2.24, 2.45) is 0 Å². The van der Waals surface area contributed by atoms with E-state index < -0.39 is 11.2 Å². The highest BCUT2D eigenvalue weighted by molar-refractivity contribution is 6.31. The lowest BCUT2D eigenvalue weighted by molar-refractivity contribution is 0.388. The normalized spacial score (nSPS) is 10.6. The number of ether oxygens (including phenoxy) is 1. The van der Waals surface area contributed by atoms with Gasteiger partial charge in [0.2, 0.25) is 5.43 Å². The third-order valence-corrected chi connectivity index (χ3v) is 2.41. The van der Waals surface area contributed by atoms with E-state index in [1.54, 1.807) is 0 Å². The van der Waals surface area contributed by atoms with Crippen LogP contribution in [0.25, 0.3) is 10.9 Å². The molecule has 3 nitrogen and oxygen atoms in total. The zero-order valence-electron chi connectivity index (χ0n) is 7.80. The second-order valence-electron chi connectivity index (χ2n) is 2.97. The largest absolute Gasteiger partial charge is 0.494 e. The number of methoxy groups -OCH3 is 1. The molecule has 0 aliphatic heterocycles. The summed E-state index contributed by atoms with van der Waals surface area (Å²) in [5, 5.41) is 0.243. The van der Waals surface area contributed by atoms with Crippen LogP contribution in [0.5, 0.6) is 5.75 Å². The summed E-state index contributed by atoms with van der Waals surface area (Å²) >= 11 is 5.62. The number of nitrogens with one attached hydrogen (secondary N) is 1. The second-order valence-corrected chi connectivity index (χ2v) is 3.38. The highest BCUT2D eigenvalue weighted by Gasteiger charge is 2.11. The molecule has 0 radical (unpaired) electrons. The van der Waals surface area contributed by atoms with Gasteiger partial charge in [0.05, 0.1) is 18.0 Å². The van der Waals surface area contributed by atoms with Gasteiger partial charge < -0.3 is 9.72 Å². The molecule has 0 saturated heterocycles. The molecular formula is C10H7ClFNO2. The molecule has 0 aliphatic carbocycles. The quantitative estimate of drug-likeness (QED) is 0.813. The van der Waals surface area contributed by atoms with Gasteiger partial charge in [0, 0.05) is 6.20 Å². The van der Waals surface area contributed by atoms with Crippen LogP contribution in [0.4, 0.5) is 4.39 Å². The summed E-state index contributed by atoms with van der Waals surface area (Å²) in [7, 11) is 1.36. The number of hydrogen-bond acceptors (Lipinski definition) is 2. The van der Waals surface area contributed by atoms with Crippen LogP contribution < -0.4 is 10.2 Å². The Kier molecular flexibility index (Phi) is 2.36. The number of aromatic nitrogens is 1. The van der Waals surface area contributed by atoms with E-state index in [2.05, 4.69) is 4.98 Å². The maximum atomic E-state index is 13.6. The van der Waals surface area contributed by atoms with Crippen LogP contribution in [0.3, 0.4) is 0 Å². The van der Waals surface area contributed by atoms with Gasteiger partial charge in [0.1, 0.15) is 5.02 Å². The Morgan fingerprint density at radius 2 is 2.20 bits per heavy atom. The van der Waals surface area contributed by atoms with Gasteiger partial charge in [0.15, 0.2) is 11.6 Å². The first-order valence-electron chi connectivity index (χ1n) is 4.18. The fourth-order valence-corrected chi connectivity index (χ4v) is 1.53. The van der Waals surface area contributed by atoms with Gasteiger partial charge in [-0.15, -0.1) is 0 Å². The SMILES string of the molecule is COc1ccc2c(=O)c(Cl)c[nH]c2c1F. The van der Waals surface area contributed by atoms with Gasteiger partial charge in [-0.05, 0) is 12.1 Å². The summed E-state index contributed by atoms with van der Waals surface area (Å²) in [6.07, 6.45) is 1.26. The first kappa shape index (κ1) is 9.98. The third kappa shape index (κ3) is 1.47. The van der Waals surface area contributed by atoms with Gasteiger partial charge >= 0.3 is 0 Å². The molecule has 0 amide bonds. The molecule has 1 N–H and O–H groups in total. The monoisotopic (exact) mass is 227 g/mol. The standard InChI is InChI=1S/C10H7ClFNO2/c1-15-7-3-2-5-9(8(7)12)13-4-6(11)10(5)14/h2-4H,1H3,(H,13,14). The lowest BCUT2D eigenvalue weighted by atomic mass is 10.2. The van der Waals surface area contributed by atoms with Crippen LogP contribution in [-0.4, -0.2) is 12.1 Å². The predicted octanol–water partition coefficient (Wildman–Crippen LogP) is 2.33. The summed E-state index contributed by atoms with van der Waals surface area (Å²) in [5.41, 5.74) is -0.296. The van der Waals surface area contributed by atoms with E-state index in [1.165, 1.54) is 25.4 Å². The van der Waals surface area contributed by atoms with E-state index in [-0.39, 0.29) is 21.7 Å². The molecular weight excluding hydrogens is 221 g/mol. The van der Waals surface area contributed by atoms with Crippen molar-refractivity contribution in [3.8, 4) is 5.75 Å². The lowest BCUT2D eigenvalue weighted by Crippen LogP contribution is -2.04. The van der Waals surface area contributed by atoms with Crippen LogP contribution in [0.15, 0.2) is 23.1 Å². The Bertz CT molecular complexity index is 579. The molecule has 1 heterocycles. The van der Waals surface area contributed by atoms with E-state index >= 15 is 0 Å². The molecule has 1 aromatic heterocycles. The summed E-state index contributed by atoms with van der Waals surface area (Å²) < 4.78 is 18.4. The summed E-state index contributed by atoms with van der Waals surface area (Å²) in [6, 6.07) is 2.87. The minimum Gasteiger partial charge on any atom is -0.494 e. The Balaban J connectivity index is 2.91. The summed E-state index contributed by atoms with van der Waals surface area (Å²) in [6.45, 7) is 0. The van der Waals surface area contributed by atoms with Crippen molar-refractivity contribution in [1.29, 1.82) is 0 Å². The first-order valence-corrected chi connectivity index (χ1v) is 4.56. The number of H-pyrrole nitrogens is 1. The molecule has 0 spiro atoms. The number of fused-ring (bicyclic) bond motifs is 1. The van der Waals surface area contributed by atoms with Crippen molar-refractivity contribution < 1.29 is 9.13 Å². The fourth-order valence-electron chi connectivity index (χ4n) is 1.37. The van der Waals surface area contributed by atoms with E-state index in [0.29, 0.717) is 0 Å². The highest BCUT2D eigenvalue weighted by Crippen LogP contribution is 2.23. The Hall–Kier alpha value is -1.55. The molecule has 0 saturated carbocycles. The van der Waals surface area contributed by atoms with Crippen molar-refractivity contribution in [2.75, 3.05) is 7.11 Å². The summed E-state index contributed by atoms with van der Waals surface area (Å²) in [5.74, 6) is -0.510. The molecule has 2 rings (SSSR count).